The van der Waals surface area contributed by atoms with Gasteiger partial charge in [-0.2, -0.15) is 0 Å². The summed E-state index contributed by atoms with van der Waals surface area (Å²) in [5, 5.41) is 0. The molecule has 1 radical (unpaired) electrons. The zero-order valence-electron chi connectivity index (χ0n) is 4.59. The molecular weight excluding hydrogens is 98.1 g/mol. The minimum atomic E-state index is 0.584. The summed E-state index contributed by atoms with van der Waals surface area (Å²) in [5.41, 5.74) is 6.38. The average Bonchev–Trinajstić information content (AvgIpc) is 1.90. The summed E-state index contributed by atoms with van der Waals surface area (Å²) in [4.78, 5) is 0. The van der Waals surface area contributed by atoms with Crippen molar-refractivity contribution in [1.82, 2.24) is 0 Å². The summed E-state index contributed by atoms with van der Waals surface area (Å²) in [7, 11) is 0. The second-order valence-corrected chi connectivity index (χ2v) is 1.59. The largest absolute Gasteiger partial charge is 0.326 e. The fourth-order valence-corrected chi connectivity index (χ4v) is 0.557. The third-order valence-corrected chi connectivity index (χ3v) is 0.993. The van der Waals surface area contributed by atoms with E-state index in [2.05, 4.69) is 6.07 Å². The normalized spacial score (nSPS) is 9.12. The van der Waals surface area contributed by atoms with E-state index in [1.165, 1.54) is 0 Å². The van der Waals surface area contributed by atoms with Gasteiger partial charge >= 0.3 is 0 Å². The molecule has 1 aromatic rings. The van der Waals surface area contributed by atoms with E-state index >= 15 is 0 Å². The highest BCUT2D eigenvalue weighted by molar-refractivity contribution is 5.11. The first-order chi connectivity index (χ1) is 3.93. The van der Waals surface area contributed by atoms with Crippen LogP contribution >= 0.6 is 0 Å². The maximum atomic E-state index is 5.32. The van der Waals surface area contributed by atoms with Crippen molar-refractivity contribution in [3.63, 3.8) is 0 Å². The summed E-state index contributed by atoms with van der Waals surface area (Å²) < 4.78 is 0. The van der Waals surface area contributed by atoms with Crippen LogP contribution in [0.2, 0.25) is 0 Å². The molecule has 1 heteroatoms. The van der Waals surface area contributed by atoms with Gasteiger partial charge in [-0.3, -0.25) is 0 Å². The monoisotopic (exact) mass is 106 g/mol. The fourth-order valence-electron chi connectivity index (χ4n) is 0.557. The van der Waals surface area contributed by atoms with E-state index in [0.29, 0.717) is 6.54 Å². The molecule has 0 bridgehead atoms. The van der Waals surface area contributed by atoms with Gasteiger partial charge in [-0.1, -0.05) is 24.3 Å². The fraction of sp³-hybridized carbons (Fsp3) is 0.143. The maximum absolute atomic E-state index is 5.32. The van der Waals surface area contributed by atoms with Crippen LogP contribution in [0, 0.1) is 6.07 Å². The molecule has 0 unspecified atom stereocenters. The van der Waals surface area contributed by atoms with Crippen molar-refractivity contribution in [2.75, 3.05) is 0 Å². The van der Waals surface area contributed by atoms with Crippen LogP contribution in [0.3, 0.4) is 0 Å². The predicted molar refractivity (Wildman–Crippen MR) is 33.2 cm³/mol. The van der Waals surface area contributed by atoms with Gasteiger partial charge in [0.05, 0.1) is 0 Å². The SMILES string of the molecule is NCc1[c]cccc1. The zero-order valence-corrected chi connectivity index (χ0v) is 4.59. The van der Waals surface area contributed by atoms with Gasteiger partial charge in [0.25, 0.3) is 0 Å². The van der Waals surface area contributed by atoms with Gasteiger partial charge in [0.15, 0.2) is 0 Å². The second kappa shape index (κ2) is 2.48. The number of benzene rings is 1. The lowest BCUT2D eigenvalue weighted by Crippen LogP contribution is -1.94. The van der Waals surface area contributed by atoms with E-state index in [-0.39, 0.29) is 0 Å². The molecule has 1 rings (SSSR count). The van der Waals surface area contributed by atoms with Crippen molar-refractivity contribution >= 4 is 0 Å². The van der Waals surface area contributed by atoms with E-state index in [1.54, 1.807) is 0 Å². The summed E-state index contributed by atoms with van der Waals surface area (Å²) >= 11 is 0. The number of hydrogen-bond acceptors (Lipinski definition) is 1. The highest BCUT2D eigenvalue weighted by Gasteiger charge is 1.80. The van der Waals surface area contributed by atoms with Crippen molar-refractivity contribution in [2.24, 2.45) is 5.73 Å². The Morgan fingerprint density at radius 1 is 1.50 bits per heavy atom. The summed E-state index contributed by atoms with van der Waals surface area (Å²) in [5.74, 6) is 0. The van der Waals surface area contributed by atoms with Crippen molar-refractivity contribution in [2.45, 2.75) is 6.54 Å². The predicted octanol–water partition coefficient (Wildman–Crippen LogP) is 0.945. The lowest BCUT2D eigenvalue weighted by molar-refractivity contribution is 1.07. The molecule has 0 spiro atoms. The van der Waals surface area contributed by atoms with Crippen molar-refractivity contribution in [1.29, 1.82) is 0 Å². The number of nitrogens with two attached hydrogens (primary N) is 1. The smallest absolute Gasteiger partial charge is 0.0184 e. The molecule has 2 N–H and O–H groups in total. The Balaban J connectivity index is 2.83. The topological polar surface area (TPSA) is 26.0 Å². The number of rotatable bonds is 1. The molecule has 41 valence electrons. The van der Waals surface area contributed by atoms with Gasteiger partial charge in [0.1, 0.15) is 0 Å². The Kier molecular flexibility index (Phi) is 1.65. The summed E-state index contributed by atoms with van der Waals surface area (Å²) in [6.07, 6.45) is 0. The molecule has 1 aromatic carbocycles. The highest BCUT2D eigenvalue weighted by Crippen LogP contribution is 1.92. The van der Waals surface area contributed by atoms with E-state index in [0.717, 1.165) is 5.56 Å². The van der Waals surface area contributed by atoms with Crippen molar-refractivity contribution in [3.8, 4) is 0 Å². The van der Waals surface area contributed by atoms with E-state index < -0.39 is 0 Å². The molecule has 0 aliphatic heterocycles. The molecule has 8 heavy (non-hydrogen) atoms. The summed E-state index contributed by atoms with van der Waals surface area (Å²) in [6, 6.07) is 10.7. The van der Waals surface area contributed by atoms with Crippen LogP contribution in [-0.2, 0) is 6.54 Å². The second-order valence-electron chi connectivity index (χ2n) is 1.59. The Labute approximate surface area is 49.1 Å². The van der Waals surface area contributed by atoms with Crippen LogP contribution < -0.4 is 5.73 Å². The van der Waals surface area contributed by atoms with Crippen molar-refractivity contribution in [3.05, 3.63) is 35.9 Å². The minimum Gasteiger partial charge on any atom is -0.326 e. The van der Waals surface area contributed by atoms with Crippen LogP contribution in [0.4, 0.5) is 0 Å². The molecule has 0 aliphatic rings. The average molecular weight is 106 g/mol. The summed E-state index contributed by atoms with van der Waals surface area (Å²) in [6.45, 7) is 0.584. The highest BCUT2D eigenvalue weighted by atomic mass is 14.5. The Bertz CT molecular complexity index is 146. The molecule has 0 amide bonds. The van der Waals surface area contributed by atoms with Crippen LogP contribution in [0.25, 0.3) is 0 Å². The zero-order chi connectivity index (χ0) is 5.82. The van der Waals surface area contributed by atoms with Crippen LogP contribution in [0.1, 0.15) is 5.56 Å². The van der Waals surface area contributed by atoms with Gasteiger partial charge in [-0.05, 0) is 11.6 Å². The quantitative estimate of drug-likeness (QED) is 0.566. The van der Waals surface area contributed by atoms with Gasteiger partial charge in [-0.15, -0.1) is 0 Å². The Hall–Kier alpha value is -0.820. The van der Waals surface area contributed by atoms with E-state index in [4.69, 9.17) is 5.73 Å². The van der Waals surface area contributed by atoms with Gasteiger partial charge in [-0.25, -0.2) is 0 Å². The molecule has 1 nitrogen and oxygen atoms in total. The first-order valence-electron chi connectivity index (χ1n) is 2.59. The van der Waals surface area contributed by atoms with Gasteiger partial charge in [0.2, 0.25) is 0 Å². The molecule has 0 saturated carbocycles. The third-order valence-electron chi connectivity index (χ3n) is 0.993. The lowest BCUT2D eigenvalue weighted by Gasteiger charge is -1.89. The van der Waals surface area contributed by atoms with Crippen LogP contribution in [0.15, 0.2) is 24.3 Å². The molecule has 0 aliphatic carbocycles. The lowest BCUT2D eigenvalue weighted by atomic mass is 10.2. The molecule has 0 aromatic heterocycles. The van der Waals surface area contributed by atoms with E-state index in [1.807, 2.05) is 24.3 Å². The molecular formula is C7H8N. The molecule has 0 fully saturated rings. The van der Waals surface area contributed by atoms with Crippen LogP contribution in [0.5, 0.6) is 0 Å². The van der Waals surface area contributed by atoms with E-state index in [9.17, 15) is 0 Å². The maximum Gasteiger partial charge on any atom is 0.0184 e. The molecule has 0 heterocycles. The first kappa shape index (κ1) is 5.32. The number of hydrogen-bond donors (Lipinski definition) is 1. The minimum absolute atomic E-state index is 0.584. The molecule has 0 saturated heterocycles. The van der Waals surface area contributed by atoms with Gasteiger partial charge < -0.3 is 5.73 Å². The third kappa shape index (κ3) is 1.07. The van der Waals surface area contributed by atoms with Crippen LogP contribution in [-0.4, -0.2) is 0 Å². The Morgan fingerprint density at radius 2 is 2.38 bits per heavy atom. The van der Waals surface area contributed by atoms with Crippen molar-refractivity contribution < 1.29 is 0 Å². The van der Waals surface area contributed by atoms with Gasteiger partial charge in [0, 0.05) is 6.54 Å². The molecule has 0 atom stereocenters. The standard InChI is InChI=1S/C7H8N/c8-6-7-4-2-1-3-5-7/h1-4H,6,8H2. The first-order valence-corrected chi connectivity index (χ1v) is 2.59. The Morgan fingerprint density at radius 3 is 2.75 bits per heavy atom.